The van der Waals surface area contributed by atoms with E-state index < -0.39 is 0 Å². The standard InChI is InChI=1S/C14H23NO3/c1-9-7-13(17)18-14(9)15-8-11-3-5-12(6-4-11)10(2)16/h9,11-12,14-15H,3-8H2,1-2H3. The SMILES string of the molecule is CC(=O)C1CCC(CNC2OC(=O)CC2C)CC1. The molecule has 1 saturated heterocycles. The van der Waals surface area contributed by atoms with Crippen LogP contribution in [-0.4, -0.2) is 24.5 Å². The van der Waals surface area contributed by atoms with Crippen molar-refractivity contribution >= 4 is 11.8 Å². The van der Waals surface area contributed by atoms with Gasteiger partial charge in [0.25, 0.3) is 0 Å². The summed E-state index contributed by atoms with van der Waals surface area (Å²) >= 11 is 0. The topological polar surface area (TPSA) is 55.4 Å². The van der Waals surface area contributed by atoms with Gasteiger partial charge in [-0.15, -0.1) is 0 Å². The summed E-state index contributed by atoms with van der Waals surface area (Å²) in [5, 5.41) is 3.35. The van der Waals surface area contributed by atoms with E-state index in [9.17, 15) is 9.59 Å². The molecule has 2 rings (SSSR count). The van der Waals surface area contributed by atoms with Gasteiger partial charge in [0.15, 0.2) is 6.23 Å². The van der Waals surface area contributed by atoms with Crippen LogP contribution < -0.4 is 5.32 Å². The van der Waals surface area contributed by atoms with E-state index in [1.165, 1.54) is 0 Å². The molecule has 1 aliphatic carbocycles. The lowest BCUT2D eigenvalue weighted by molar-refractivity contribution is -0.142. The van der Waals surface area contributed by atoms with E-state index in [1.807, 2.05) is 6.92 Å². The number of esters is 1. The molecule has 1 saturated carbocycles. The van der Waals surface area contributed by atoms with Gasteiger partial charge in [-0.3, -0.25) is 14.9 Å². The lowest BCUT2D eigenvalue weighted by Gasteiger charge is -2.28. The van der Waals surface area contributed by atoms with Gasteiger partial charge in [0.05, 0.1) is 6.42 Å². The Morgan fingerprint density at radius 2 is 2.00 bits per heavy atom. The van der Waals surface area contributed by atoms with Crippen LogP contribution in [0.5, 0.6) is 0 Å². The molecule has 2 aliphatic rings. The van der Waals surface area contributed by atoms with Crippen molar-refractivity contribution in [3.63, 3.8) is 0 Å². The van der Waals surface area contributed by atoms with E-state index >= 15 is 0 Å². The number of rotatable bonds is 4. The van der Waals surface area contributed by atoms with Gasteiger partial charge in [-0.1, -0.05) is 6.92 Å². The summed E-state index contributed by atoms with van der Waals surface area (Å²) in [6.45, 7) is 4.63. The minimum Gasteiger partial charge on any atom is -0.446 e. The van der Waals surface area contributed by atoms with Crippen molar-refractivity contribution in [1.29, 1.82) is 0 Å². The van der Waals surface area contributed by atoms with Gasteiger partial charge >= 0.3 is 5.97 Å². The molecule has 0 radical (unpaired) electrons. The Balaban J connectivity index is 1.69. The van der Waals surface area contributed by atoms with Crippen molar-refractivity contribution in [2.75, 3.05) is 6.54 Å². The number of ketones is 1. The molecule has 0 bridgehead atoms. The Morgan fingerprint density at radius 3 is 2.50 bits per heavy atom. The quantitative estimate of drug-likeness (QED) is 0.777. The molecule has 1 aliphatic heterocycles. The van der Waals surface area contributed by atoms with Crippen LogP contribution in [0.15, 0.2) is 0 Å². The van der Waals surface area contributed by atoms with Crippen LogP contribution in [0, 0.1) is 17.8 Å². The molecule has 0 aromatic carbocycles. The molecule has 0 aromatic rings. The largest absolute Gasteiger partial charge is 0.446 e. The Kier molecular flexibility index (Phi) is 4.38. The zero-order valence-electron chi connectivity index (χ0n) is 11.3. The van der Waals surface area contributed by atoms with Gasteiger partial charge in [0.2, 0.25) is 0 Å². The molecule has 2 atom stereocenters. The summed E-state index contributed by atoms with van der Waals surface area (Å²) in [5.41, 5.74) is 0. The highest BCUT2D eigenvalue weighted by Crippen LogP contribution is 2.29. The Bertz CT molecular complexity index is 321. The van der Waals surface area contributed by atoms with Crippen molar-refractivity contribution in [2.24, 2.45) is 17.8 Å². The molecule has 4 heteroatoms. The van der Waals surface area contributed by atoms with Crippen LogP contribution in [0.4, 0.5) is 0 Å². The zero-order valence-corrected chi connectivity index (χ0v) is 11.3. The average molecular weight is 253 g/mol. The second-order valence-electron chi connectivity index (χ2n) is 5.83. The Labute approximate surface area is 108 Å². The van der Waals surface area contributed by atoms with Gasteiger partial charge in [0, 0.05) is 18.4 Å². The van der Waals surface area contributed by atoms with Crippen LogP contribution in [0.3, 0.4) is 0 Å². The van der Waals surface area contributed by atoms with Crippen LogP contribution in [-0.2, 0) is 14.3 Å². The van der Waals surface area contributed by atoms with Crippen LogP contribution >= 0.6 is 0 Å². The second-order valence-corrected chi connectivity index (χ2v) is 5.83. The van der Waals surface area contributed by atoms with Crippen LogP contribution in [0.25, 0.3) is 0 Å². The lowest BCUT2D eigenvalue weighted by atomic mass is 9.80. The predicted octanol–water partition coefficient (Wildman–Crippen LogP) is 1.88. The number of nitrogens with one attached hydrogen (secondary N) is 1. The Hall–Kier alpha value is -0.900. The third-order valence-electron chi connectivity index (χ3n) is 4.29. The second kappa shape index (κ2) is 5.83. The minimum atomic E-state index is -0.108. The van der Waals surface area contributed by atoms with Crippen molar-refractivity contribution in [3.05, 3.63) is 0 Å². The number of hydrogen-bond acceptors (Lipinski definition) is 4. The number of carbonyl (C=O) groups excluding carboxylic acids is 2. The van der Waals surface area contributed by atoms with E-state index in [4.69, 9.17) is 4.74 Å². The monoisotopic (exact) mass is 253 g/mol. The Morgan fingerprint density at radius 1 is 1.33 bits per heavy atom. The third kappa shape index (κ3) is 3.31. The molecule has 2 fully saturated rings. The summed E-state index contributed by atoms with van der Waals surface area (Å²) in [6, 6.07) is 0. The zero-order chi connectivity index (χ0) is 13.1. The molecule has 2 unspecified atom stereocenters. The van der Waals surface area contributed by atoms with E-state index in [2.05, 4.69) is 5.32 Å². The highest BCUT2D eigenvalue weighted by Gasteiger charge is 2.32. The maximum absolute atomic E-state index is 11.3. The number of hydrogen-bond donors (Lipinski definition) is 1. The first-order valence-corrected chi connectivity index (χ1v) is 6.99. The smallest absolute Gasteiger partial charge is 0.307 e. The molecule has 18 heavy (non-hydrogen) atoms. The first-order chi connectivity index (χ1) is 8.56. The highest BCUT2D eigenvalue weighted by atomic mass is 16.6. The molecule has 0 amide bonds. The fourth-order valence-electron chi connectivity index (χ4n) is 2.97. The van der Waals surface area contributed by atoms with E-state index in [0.717, 1.165) is 32.2 Å². The normalized spacial score (nSPS) is 36.4. The van der Waals surface area contributed by atoms with Crippen molar-refractivity contribution in [3.8, 4) is 0 Å². The van der Waals surface area contributed by atoms with Gasteiger partial charge in [0.1, 0.15) is 5.78 Å². The van der Waals surface area contributed by atoms with E-state index in [1.54, 1.807) is 6.92 Å². The van der Waals surface area contributed by atoms with Crippen molar-refractivity contribution in [1.82, 2.24) is 5.32 Å². The first-order valence-electron chi connectivity index (χ1n) is 6.99. The summed E-state index contributed by atoms with van der Waals surface area (Å²) in [5.74, 6) is 1.41. The van der Waals surface area contributed by atoms with Crippen molar-refractivity contribution < 1.29 is 14.3 Å². The lowest BCUT2D eigenvalue weighted by Crippen LogP contribution is -2.37. The summed E-state index contributed by atoms with van der Waals surface area (Å²) in [7, 11) is 0. The predicted molar refractivity (Wildman–Crippen MR) is 67.8 cm³/mol. The summed E-state index contributed by atoms with van der Waals surface area (Å²) in [4.78, 5) is 22.4. The fourth-order valence-corrected chi connectivity index (χ4v) is 2.97. The number of carbonyl (C=O) groups is 2. The minimum absolute atomic E-state index is 0.0970. The summed E-state index contributed by atoms with van der Waals surface area (Å²) < 4.78 is 5.22. The van der Waals surface area contributed by atoms with Crippen molar-refractivity contribution in [2.45, 2.75) is 52.2 Å². The molecule has 1 heterocycles. The van der Waals surface area contributed by atoms with Gasteiger partial charge in [-0.05, 0) is 38.5 Å². The molecular weight excluding hydrogens is 230 g/mol. The highest BCUT2D eigenvalue weighted by molar-refractivity contribution is 5.78. The average Bonchev–Trinajstić information content (AvgIpc) is 2.66. The molecule has 0 spiro atoms. The van der Waals surface area contributed by atoms with Gasteiger partial charge in [-0.25, -0.2) is 0 Å². The van der Waals surface area contributed by atoms with E-state index in [-0.39, 0.29) is 24.0 Å². The maximum Gasteiger partial charge on any atom is 0.307 e. The maximum atomic E-state index is 11.3. The fraction of sp³-hybridized carbons (Fsp3) is 0.857. The number of ether oxygens (including phenoxy) is 1. The van der Waals surface area contributed by atoms with Crippen LogP contribution in [0.1, 0.15) is 46.0 Å². The third-order valence-corrected chi connectivity index (χ3v) is 4.29. The molecular formula is C14H23NO3. The first kappa shape index (κ1) is 13.5. The molecule has 4 nitrogen and oxygen atoms in total. The summed E-state index contributed by atoms with van der Waals surface area (Å²) in [6.07, 6.45) is 4.65. The number of cyclic esters (lactones) is 1. The van der Waals surface area contributed by atoms with Gasteiger partial charge in [-0.2, -0.15) is 0 Å². The van der Waals surface area contributed by atoms with Gasteiger partial charge < -0.3 is 4.74 Å². The van der Waals surface area contributed by atoms with Crippen LogP contribution in [0.2, 0.25) is 0 Å². The molecule has 0 aromatic heterocycles. The molecule has 102 valence electrons. The van der Waals surface area contributed by atoms with E-state index in [0.29, 0.717) is 18.1 Å². The molecule has 1 N–H and O–H groups in total. The number of Topliss-reactive ketones (excluding diaryl/α,β-unsaturated/α-hetero) is 1.